The fourth-order valence-corrected chi connectivity index (χ4v) is 3.64. The van der Waals surface area contributed by atoms with E-state index in [9.17, 15) is 4.79 Å². The molecule has 0 spiro atoms. The molecule has 3 aliphatic heterocycles. The molecule has 3 rings (SSSR count). The summed E-state index contributed by atoms with van der Waals surface area (Å²) in [6.07, 6.45) is 7.41. The standard InChI is InChI=1S/C14H25N3O.2ClH/c18-14(13-6-1-3-7-15-13)17-10-9-16-8-4-2-5-12(16)11-17;;/h12-13,15H,1-11H2;2*1H/t12?,13-;;/m1../s1. The van der Waals surface area contributed by atoms with Gasteiger partial charge in [-0.15, -0.1) is 24.8 Å². The Balaban J connectivity index is 0.000001000. The second-order valence-corrected chi connectivity index (χ2v) is 5.97. The van der Waals surface area contributed by atoms with E-state index < -0.39 is 0 Å². The largest absolute Gasteiger partial charge is 0.338 e. The topological polar surface area (TPSA) is 35.6 Å². The number of nitrogens with one attached hydrogen (secondary N) is 1. The fourth-order valence-electron chi connectivity index (χ4n) is 3.64. The Labute approximate surface area is 134 Å². The lowest BCUT2D eigenvalue weighted by Gasteiger charge is -2.45. The number of hydrogen-bond donors (Lipinski definition) is 1. The summed E-state index contributed by atoms with van der Waals surface area (Å²) in [5, 5.41) is 3.38. The van der Waals surface area contributed by atoms with Crippen molar-refractivity contribution in [2.45, 2.75) is 50.6 Å². The lowest BCUT2D eigenvalue weighted by atomic mass is 9.98. The third-order valence-corrected chi connectivity index (χ3v) is 4.76. The van der Waals surface area contributed by atoms with Gasteiger partial charge in [-0.25, -0.2) is 0 Å². The molecule has 0 aromatic rings. The molecule has 3 heterocycles. The molecule has 0 aromatic carbocycles. The summed E-state index contributed by atoms with van der Waals surface area (Å²) >= 11 is 0. The van der Waals surface area contributed by atoms with E-state index in [0.29, 0.717) is 11.9 Å². The van der Waals surface area contributed by atoms with E-state index >= 15 is 0 Å². The second-order valence-electron chi connectivity index (χ2n) is 5.97. The van der Waals surface area contributed by atoms with Crippen molar-refractivity contribution in [3.05, 3.63) is 0 Å². The van der Waals surface area contributed by atoms with E-state index in [1.165, 1.54) is 38.6 Å². The second kappa shape index (κ2) is 8.42. The Bertz CT molecular complexity index is 311. The number of nitrogens with zero attached hydrogens (tertiary/aromatic N) is 2. The van der Waals surface area contributed by atoms with Gasteiger partial charge in [0.15, 0.2) is 0 Å². The Morgan fingerprint density at radius 1 is 0.950 bits per heavy atom. The average molecular weight is 324 g/mol. The highest BCUT2D eigenvalue weighted by Gasteiger charge is 2.33. The highest BCUT2D eigenvalue weighted by molar-refractivity contribution is 5.85. The molecule has 0 bridgehead atoms. The van der Waals surface area contributed by atoms with E-state index in [4.69, 9.17) is 0 Å². The molecule has 3 saturated heterocycles. The maximum atomic E-state index is 12.5. The number of hydrogen-bond acceptors (Lipinski definition) is 3. The monoisotopic (exact) mass is 323 g/mol. The Morgan fingerprint density at radius 2 is 1.75 bits per heavy atom. The zero-order valence-electron chi connectivity index (χ0n) is 12.1. The van der Waals surface area contributed by atoms with Crippen molar-refractivity contribution in [2.75, 3.05) is 32.7 Å². The first kappa shape index (κ1) is 18.0. The molecular formula is C14H27Cl2N3O. The minimum atomic E-state index is 0. The first-order valence-corrected chi connectivity index (χ1v) is 7.61. The van der Waals surface area contributed by atoms with Gasteiger partial charge in [-0.05, 0) is 38.8 Å². The van der Waals surface area contributed by atoms with Crippen LogP contribution in [0.1, 0.15) is 38.5 Å². The first-order valence-electron chi connectivity index (χ1n) is 7.61. The van der Waals surface area contributed by atoms with Crippen LogP contribution in [-0.2, 0) is 4.79 Å². The van der Waals surface area contributed by atoms with Gasteiger partial charge < -0.3 is 10.2 Å². The van der Waals surface area contributed by atoms with Crippen molar-refractivity contribution < 1.29 is 4.79 Å². The number of carbonyl (C=O) groups excluding carboxylic acids is 1. The van der Waals surface area contributed by atoms with Crippen LogP contribution in [0.2, 0.25) is 0 Å². The number of piperazine rings is 1. The summed E-state index contributed by atoms with van der Waals surface area (Å²) in [6, 6.07) is 0.744. The van der Waals surface area contributed by atoms with E-state index in [0.717, 1.165) is 32.6 Å². The maximum Gasteiger partial charge on any atom is 0.239 e. The number of amides is 1. The molecule has 2 atom stereocenters. The van der Waals surface area contributed by atoms with Crippen molar-refractivity contribution in [1.82, 2.24) is 15.1 Å². The summed E-state index contributed by atoms with van der Waals surface area (Å²) in [4.78, 5) is 17.2. The summed E-state index contributed by atoms with van der Waals surface area (Å²) in [7, 11) is 0. The SMILES string of the molecule is Cl.Cl.O=C([C@H]1CCCCN1)N1CCN2CCCCC2C1. The zero-order valence-corrected chi connectivity index (χ0v) is 13.7. The number of rotatable bonds is 1. The van der Waals surface area contributed by atoms with Crippen LogP contribution in [0.3, 0.4) is 0 Å². The van der Waals surface area contributed by atoms with Gasteiger partial charge >= 0.3 is 0 Å². The van der Waals surface area contributed by atoms with Gasteiger partial charge in [-0.3, -0.25) is 9.69 Å². The van der Waals surface area contributed by atoms with E-state index in [1.807, 2.05) is 0 Å². The van der Waals surface area contributed by atoms with Crippen LogP contribution in [-0.4, -0.2) is 60.5 Å². The van der Waals surface area contributed by atoms with Crippen LogP contribution < -0.4 is 5.32 Å². The first-order chi connectivity index (χ1) is 8.84. The summed E-state index contributed by atoms with van der Waals surface area (Å²) < 4.78 is 0. The van der Waals surface area contributed by atoms with Crippen LogP contribution in [0, 0.1) is 0 Å². The summed E-state index contributed by atoms with van der Waals surface area (Å²) in [6.45, 7) is 5.25. The summed E-state index contributed by atoms with van der Waals surface area (Å²) in [5.74, 6) is 0.361. The van der Waals surface area contributed by atoms with Crippen LogP contribution in [0.25, 0.3) is 0 Å². The van der Waals surface area contributed by atoms with Crippen molar-refractivity contribution in [3.8, 4) is 0 Å². The molecular weight excluding hydrogens is 297 g/mol. The van der Waals surface area contributed by atoms with Crippen molar-refractivity contribution in [3.63, 3.8) is 0 Å². The lowest BCUT2D eigenvalue weighted by Crippen LogP contribution is -2.59. The molecule has 0 radical (unpaired) electrons. The van der Waals surface area contributed by atoms with Gasteiger partial charge in [-0.2, -0.15) is 0 Å². The molecule has 6 heteroatoms. The van der Waals surface area contributed by atoms with Crippen LogP contribution in [0.15, 0.2) is 0 Å². The lowest BCUT2D eigenvalue weighted by molar-refractivity contribution is -0.137. The zero-order chi connectivity index (χ0) is 12.4. The van der Waals surface area contributed by atoms with Crippen molar-refractivity contribution >= 4 is 30.7 Å². The number of piperidine rings is 2. The Morgan fingerprint density at radius 3 is 2.50 bits per heavy atom. The van der Waals surface area contributed by atoms with Crippen LogP contribution >= 0.6 is 24.8 Å². The molecule has 3 aliphatic rings. The molecule has 0 aromatic heterocycles. The molecule has 20 heavy (non-hydrogen) atoms. The minimum absolute atomic E-state index is 0. The van der Waals surface area contributed by atoms with E-state index in [-0.39, 0.29) is 30.9 Å². The third-order valence-electron chi connectivity index (χ3n) is 4.76. The molecule has 118 valence electrons. The predicted octanol–water partition coefficient (Wildman–Crippen LogP) is 1.67. The van der Waals surface area contributed by atoms with Gasteiger partial charge in [-0.1, -0.05) is 12.8 Å². The van der Waals surface area contributed by atoms with Gasteiger partial charge in [0, 0.05) is 25.7 Å². The van der Waals surface area contributed by atoms with Gasteiger partial charge in [0.25, 0.3) is 0 Å². The Hall–Kier alpha value is -0.0300. The Kier molecular flexibility index (Phi) is 7.59. The number of halogens is 2. The maximum absolute atomic E-state index is 12.5. The summed E-state index contributed by atoms with van der Waals surface area (Å²) in [5.41, 5.74) is 0. The average Bonchev–Trinajstić information content (AvgIpc) is 2.47. The quantitative estimate of drug-likeness (QED) is 0.797. The molecule has 0 saturated carbocycles. The normalized spacial score (nSPS) is 30.7. The van der Waals surface area contributed by atoms with Gasteiger partial charge in [0.2, 0.25) is 5.91 Å². The molecule has 3 fully saturated rings. The van der Waals surface area contributed by atoms with Crippen molar-refractivity contribution in [1.29, 1.82) is 0 Å². The highest BCUT2D eigenvalue weighted by Crippen LogP contribution is 2.22. The fraction of sp³-hybridized carbons (Fsp3) is 0.929. The third kappa shape index (κ3) is 4.00. The van der Waals surface area contributed by atoms with Crippen molar-refractivity contribution in [2.24, 2.45) is 0 Å². The molecule has 0 aliphatic carbocycles. The highest BCUT2D eigenvalue weighted by atomic mass is 35.5. The van der Waals surface area contributed by atoms with Crippen LogP contribution in [0.4, 0.5) is 0 Å². The molecule has 1 amide bonds. The van der Waals surface area contributed by atoms with Gasteiger partial charge in [0.05, 0.1) is 6.04 Å². The van der Waals surface area contributed by atoms with Gasteiger partial charge in [0.1, 0.15) is 0 Å². The smallest absolute Gasteiger partial charge is 0.239 e. The molecule has 4 nitrogen and oxygen atoms in total. The predicted molar refractivity (Wildman–Crippen MR) is 85.9 cm³/mol. The molecule has 1 unspecified atom stereocenters. The van der Waals surface area contributed by atoms with E-state index in [1.54, 1.807) is 0 Å². The number of fused-ring (bicyclic) bond motifs is 1. The minimum Gasteiger partial charge on any atom is -0.338 e. The number of carbonyl (C=O) groups is 1. The molecule has 1 N–H and O–H groups in total. The van der Waals surface area contributed by atoms with E-state index in [2.05, 4.69) is 15.1 Å². The van der Waals surface area contributed by atoms with Crippen LogP contribution in [0.5, 0.6) is 0 Å².